The summed E-state index contributed by atoms with van der Waals surface area (Å²) in [7, 11) is -3.42. The lowest BCUT2D eigenvalue weighted by Crippen LogP contribution is -2.40. The summed E-state index contributed by atoms with van der Waals surface area (Å²) in [5.74, 6) is 0. The minimum Gasteiger partial charge on any atom is -0.379 e. The summed E-state index contributed by atoms with van der Waals surface area (Å²) in [6.07, 6.45) is 0. The highest BCUT2D eigenvalue weighted by Crippen LogP contribution is 2.18. The molecule has 134 valence electrons. The van der Waals surface area contributed by atoms with E-state index in [1.165, 1.54) is 9.87 Å². The summed E-state index contributed by atoms with van der Waals surface area (Å²) in [4.78, 5) is 0.338. The van der Waals surface area contributed by atoms with Crippen LogP contribution in [0.5, 0.6) is 0 Å². The van der Waals surface area contributed by atoms with Crippen molar-refractivity contribution in [3.63, 3.8) is 0 Å². The largest absolute Gasteiger partial charge is 0.379 e. The van der Waals surface area contributed by atoms with Gasteiger partial charge in [0.05, 0.1) is 18.1 Å². The van der Waals surface area contributed by atoms with Gasteiger partial charge in [-0.15, -0.1) is 0 Å². The highest BCUT2D eigenvalue weighted by atomic mass is 79.9. The molecular formula is C18H21BrN2O3S. The number of benzene rings is 2. The Morgan fingerprint density at radius 2 is 1.68 bits per heavy atom. The minimum absolute atomic E-state index is 0.338. The fourth-order valence-electron chi connectivity index (χ4n) is 2.71. The van der Waals surface area contributed by atoms with E-state index >= 15 is 0 Å². The molecule has 0 aromatic heterocycles. The van der Waals surface area contributed by atoms with E-state index in [0.29, 0.717) is 37.7 Å². The molecular weight excluding hydrogens is 404 g/mol. The van der Waals surface area contributed by atoms with Crippen LogP contribution >= 0.6 is 15.9 Å². The van der Waals surface area contributed by atoms with Crippen molar-refractivity contribution >= 4 is 26.0 Å². The first-order valence-electron chi connectivity index (χ1n) is 8.18. The Bertz CT molecular complexity index is 803. The first-order valence-corrected chi connectivity index (χ1v) is 10.4. The Hall–Kier alpha value is -1.25. The highest BCUT2D eigenvalue weighted by molar-refractivity contribution is 9.10. The van der Waals surface area contributed by atoms with E-state index in [1.807, 2.05) is 24.3 Å². The number of halogens is 1. The van der Waals surface area contributed by atoms with Gasteiger partial charge in [-0.3, -0.25) is 0 Å². The van der Waals surface area contributed by atoms with Crippen LogP contribution in [0.2, 0.25) is 0 Å². The topological polar surface area (TPSA) is 58.6 Å². The van der Waals surface area contributed by atoms with E-state index in [9.17, 15) is 8.42 Å². The third-order valence-electron chi connectivity index (χ3n) is 4.08. The standard InChI is InChI=1S/C18H21BrN2O3S/c19-17-3-1-2-16(12-17)14-20-13-15-4-6-18(7-5-15)25(22,23)21-8-10-24-11-9-21/h1-7,12,20H,8-11,13-14H2. The lowest BCUT2D eigenvalue weighted by molar-refractivity contribution is 0.0730. The Kier molecular flexibility index (Phi) is 6.24. The van der Waals surface area contributed by atoms with Gasteiger partial charge >= 0.3 is 0 Å². The molecule has 1 fully saturated rings. The predicted molar refractivity (Wildman–Crippen MR) is 101 cm³/mol. The molecule has 1 heterocycles. The summed E-state index contributed by atoms with van der Waals surface area (Å²) < 4.78 is 32.9. The van der Waals surface area contributed by atoms with Crippen LogP contribution in [-0.4, -0.2) is 39.0 Å². The van der Waals surface area contributed by atoms with E-state index in [4.69, 9.17) is 4.74 Å². The minimum atomic E-state index is -3.42. The summed E-state index contributed by atoms with van der Waals surface area (Å²) in [6.45, 7) is 3.18. The highest BCUT2D eigenvalue weighted by Gasteiger charge is 2.25. The van der Waals surface area contributed by atoms with Crippen molar-refractivity contribution in [3.05, 3.63) is 64.1 Å². The van der Waals surface area contributed by atoms with Gasteiger partial charge in [-0.25, -0.2) is 8.42 Å². The number of hydrogen-bond donors (Lipinski definition) is 1. The van der Waals surface area contributed by atoms with Crippen molar-refractivity contribution in [3.8, 4) is 0 Å². The number of nitrogens with zero attached hydrogens (tertiary/aromatic N) is 1. The summed E-state index contributed by atoms with van der Waals surface area (Å²) in [6, 6.07) is 15.2. The average molecular weight is 425 g/mol. The average Bonchev–Trinajstić information content (AvgIpc) is 2.63. The third-order valence-corrected chi connectivity index (χ3v) is 6.48. The summed E-state index contributed by atoms with van der Waals surface area (Å²) in [5.41, 5.74) is 2.25. The van der Waals surface area contributed by atoms with E-state index in [0.717, 1.165) is 16.6 Å². The molecule has 0 amide bonds. The van der Waals surface area contributed by atoms with Crippen LogP contribution in [0.1, 0.15) is 11.1 Å². The molecule has 1 saturated heterocycles. The molecule has 7 heteroatoms. The molecule has 1 N–H and O–H groups in total. The molecule has 1 aliphatic rings. The Morgan fingerprint density at radius 3 is 2.36 bits per heavy atom. The maximum atomic E-state index is 12.6. The van der Waals surface area contributed by atoms with Crippen LogP contribution < -0.4 is 5.32 Å². The quantitative estimate of drug-likeness (QED) is 0.774. The van der Waals surface area contributed by atoms with E-state index in [1.54, 1.807) is 12.1 Å². The Balaban J connectivity index is 1.58. The molecule has 2 aromatic rings. The molecule has 0 atom stereocenters. The lowest BCUT2D eigenvalue weighted by atomic mass is 10.2. The monoisotopic (exact) mass is 424 g/mol. The van der Waals surface area contributed by atoms with E-state index < -0.39 is 10.0 Å². The maximum absolute atomic E-state index is 12.6. The predicted octanol–water partition coefficient (Wildman–Crippen LogP) is 2.76. The zero-order valence-electron chi connectivity index (χ0n) is 13.8. The molecule has 2 aromatic carbocycles. The molecule has 3 rings (SSSR count). The van der Waals surface area contributed by atoms with Crippen LogP contribution in [0.15, 0.2) is 57.9 Å². The second-order valence-electron chi connectivity index (χ2n) is 5.89. The van der Waals surface area contributed by atoms with Gasteiger partial charge in [0.15, 0.2) is 0 Å². The van der Waals surface area contributed by atoms with Gasteiger partial charge < -0.3 is 10.1 Å². The Labute approximate surface area is 157 Å². The van der Waals surface area contributed by atoms with E-state index in [2.05, 4.69) is 33.4 Å². The van der Waals surface area contributed by atoms with Crippen molar-refractivity contribution in [1.82, 2.24) is 9.62 Å². The van der Waals surface area contributed by atoms with E-state index in [-0.39, 0.29) is 0 Å². The van der Waals surface area contributed by atoms with Gasteiger partial charge in [0.1, 0.15) is 0 Å². The number of hydrogen-bond acceptors (Lipinski definition) is 4. The van der Waals surface area contributed by atoms with Gasteiger partial charge in [0.25, 0.3) is 0 Å². The fourth-order valence-corrected chi connectivity index (χ4v) is 4.57. The molecule has 0 aliphatic carbocycles. The molecule has 1 aliphatic heterocycles. The van der Waals surface area contributed by atoms with Gasteiger partial charge in [-0.2, -0.15) is 4.31 Å². The maximum Gasteiger partial charge on any atom is 0.243 e. The molecule has 0 unspecified atom stereocenters. The smallest absolute Gasteiger partial charge is 0.243 e. The molecule has 0 radical (unpaired) electrons. The number of nitrogens with one attached hydrogen (secondary N) is 1. The molecule has 5 nitrogen and oxygen atoms in total. The van der Waals surface area contributed by atoms with Gasteiger partial charge in [-0.05, 0) is 35.4 Å². The normalized spacial score (nSPS) is 16.0. The van der Waals surface area contributed by atoms with Crippen LogP contribution in [0.25, 0.3) is 0 Å². The van der Waals surface area contributed by atoms with Crippen LogP contribution in [0, 0.1) is 0 Å². The zero-order valence-corrected chi connectivity index (χ0v) is 16.2. The van der Waals surface area contributed by atoms with Crippen LogP contribution in [0.3, 0.4) is 0 Å². The molecule has 25 heavy (non-hydrogen) atoms. The van der Waals surface area contributed by atoms with Crippen molar-refractivity contribution in [2.24, 2.45) is 0 Å². The number of ether oxygens (including phenoxy) is 1. The van der Waals surface area contributed by atoms with Crippen molar-refractivity contribution in [1.29, 1.82) is 0 Å². The van der Waals surface area contributed by atoms with Crippen molar-refractivity contribution in [2.75, 3.05) is 26.3 Å². The first-order chi connectivity index (χ1) is 12.1. The Morgan fingerprint density at radius 1 is 1.00 bits per heavy atom. The fraction of sp³-hybridized carbons (Fsp3) is 0.333. The van der Waals surface area contributed by atoms with Crippen molar-refractivity contribution < 1.29 is 13.2 Å². The second-order valence-corrected chi connectivity index (χ2v) is 8.75. The molecule has 0 saturated carbocycles. The summed E-state index contributed by atoms with van der Waals surface area (Å²) >= 11 is 3.46. The lowest BCUT2D eigenvalue weighted by Gasteiger charge is -2.26. The zero-order chi connectivity index (χ0) is 17.7. The number of sulfonamides is 1. The van der Waals surface area contributed by atoms with Crippen LogP contribution in [0.4, 0.5) is 0 Å². The summed E-state index contributed by atoms with van der Waals surface area (Å²) in [5, 5.41) is 3.37. The number of morpholine rings is 1. The SMILES string of the molecule is O=S(=O)(c1ccc(CNCc2cccc(Br)c2)cc1)N1CCOCC1. The number of rotatable bonds is 6. The first kappa shape index (κ1) is 18.5. The second kappa shape index (κ2) is 8.42. The van der Waals surface area contributed by atoms with Gasteiger partial charge in [-0.1, -0.05) is 40.2 Å². The third kappa shape index (κ3) is 4.89. The van der Waals surface area contributed by atoms with Gasteiger partial charge in [0.2, 0.25) is 10.0 Å². The van der Waals surface area contributed by atoms with Crippen molar-refractivity contribution in [2.45, 2.75) is 18.0 Å². The molecule has 0 spiro atoms. The van der Waals surface area contributed by atoms with Gasteiger partial charge in [0, 0.05) is 30.7 Å². The molecule has 0 bridgehead atoms. The van der Waals surface area contributed by atoms with Crippen LogP contribution in [-0.2, 0) is 27.8 Å².